The zero-order valence-corrected chi connectivity index (χ0v) is 28.3. The summed E-state index contributed by atoms with van der Waals surface area (Å²) in [7, 11) is 0. The molecule has 44 heavy (non-hydrogen) atoms. The molecular weight excluding hydrogens is 552 g/mol. The number of fused-ring (bicyclic) bond motifs is 7. The van der Waals surface area contributed by atoms with Gasteiger partial charge in [0.25, 0.3) is 0 Å². The minimum atomic E-state index is -0.852. The number of carbonyl (C=O) groups excluding carboxylic acids is 1. The molecule has 9 atom stereocenters. The molecule has 4 fully saturated rings. The average molecular weight is 611 g/mol. The van der Waals surface area contributed by atoms with Crippen molar-refractivity contribution < 1.29 is 20.1 Å². The van der Waals surface area contributed by atoms with Crippen molar-refractivity contribution in [2.45, 2.75) is 138 Å². The molecule has 1 aromatic rings. The number of hydrogen-bond acceptors (Lipinski definition) is 6. The fourth-order valence-electron chi connectivity index (χ4n) is 11.8. The second-order valence-electron chi connectivity index (χ2n) is 17.6. The first-order valence-electron chi connectivity index (χ1n) is 17.4. The molecule has 0 bridgehead atoms. The smallest absolute Gasteiger partial charge is 0.229 e. The third-order valence-corrected chi connectivity index (χ3v) is 14.6. The van der Waals surface area contributed by atoms with Crippen LogP contribution in [0.5, 0.6) is 0 Å². The van der Waals surface area contributed by atoms with Crippen LogP contribution >= 0.6 is 0 Å². The highest BCUT2D eigenvalue weighted by Gasteiger charge is 2.71. The average Bonchev–Trinajstić information content (AvgIpc) is 3.41. The summed E-state index contributed by atoms with van der Waals surface area (Å²) in [5.41, 5.74) is 1.21. The Hall–Kier alpha value is -1.77. The Morgan fingerprint density at radius 2 is 1.73 bits per heavy atom. The number of aromatic nitrogens is 3. The molecule has 4 saturated carbocycles. The second-order valence-corrected chi connectivity index (χ2v) is 17.6. The zero-order chi connectivity index (χ0) is 31.9. The summed E-state index contributed by atoms with van der Waals surface area (Å²) in [5.74, 6) is 0.898. The van der Waals surface area contributed by atoms with Gasteiger partial charge in [0.15, 0.2) is 0 Å². The largest absolute Gasteiger partial charge is 0.396 e. The molecule has 0 spiro atoms. The Morgan fingerprint density at radius 3 is 2.45 bits per heavy atom. The van der Waals surface area contributed by atoms with Gasteiger partial charge < -0.3 is 20.6 Å². The van der Waals surface area contributed by atoms with Crippen molar-refractivity contribution in [2.24, 2.45) is 50.2 Å². The molecule has 6 rings (SSSR count). The first-order chi connectivity index (χ1) is 20.5. The summed E-state index contributed by atoms with van der Waals surface area (Å²) >= 11 is 0. The van der Waals surface area contributed by atoms with Gasteiger partial charge in [-0.25, -0.2) is 0 Å². The van der Waals surface area contributed by atoms with Crippen LogP contribution in [0.3, 0.4) is 0 Å². The van der Waals surface area contributed by atoms with E-state index < -0.39 is 11.5 Å². The molecule has 3 unspecified atom stereocenters. The monoisotopic (exact) mass is 610 g/mol. The number of rotatable bonds is 6. The van der Waals surface area contributed by atoms with Gasteiger partial charge >= 0.3 is 0 Å². The van der Waals surface area contributed by atoms with Gasteiger partial charge in [-0.15, -0.1) is 5.10 Å². The fourth-order valence-corrected chi connectivity index (χ4v) is 11.8. The summed E-state index contributed by atoms with van der Waals surface area (Å²) in [6, 6.07) is 0. The molecule has 5 aliphatic rings. The Kier molecular flexibility index (Phi) is 7.77. The van der Waals surface area contributed by atoms with Gasteiger partial charge in [0.05, 0.1) is 30.4 Å². The second kappa shape index (κ2) is 10.6. The molecule has 1 aromatic heterocycles. The first-order valence-corrected chi connectivity index (χ1v) is 17.4. The lowest BCUT2D eigenvalue weighted by Crippen LogP contribution is -2.68. The number of hydrogen-bond donors (Lipinski definition) is 4. The number of allylic oxidation sites excluding steroid dienone is 2. The van der Waals surface area contributed by atoms with E-state index in [9.17, 15) is 15.0 Å². The molecule has 1 amide bonds. The van der Waals surface area contributed by atoms with E-state index in [1.807, 2.05) is 6.20 Å². The van der Waals surface area contributed by atoms with E-state index in [0.29, 0.717) is 43.3 Å². The summed E-state index contributed by atoms with van der Waals surface area (Å²) < 4.78 is 1.70. The van der Waals surface area contributed by atoms with Crippen LogP contribution in [0.15, 0.2) is 17.8 Å². The van der Waals surface area contributed by atoms with E-state index in [2.05, 4.69) is 70.2 Å². The standard InChI is InChI=1S/C36H58N4O4/c1-31(2)15-16-36(30(44)37-21-23-22-40(39-38-23)17-8-18-41)25(19-31)24-9-10-27-33(5)13-12-28(42)32(3,4)26(33)11-14-34(27,6)35(24,7)20-29(36)43/h9,22,25-29,41-43H,8,10-21H2,1-7H3,(H,37,44)/t25?,26?,27?,28-,29+,33-,34+,35+,36+/m0/s1. The molecule has 8 nitrogen and oxygen atoms in total. The van der Waals surface area contributed by atoms with Crippen LogP contribution in [0, 0.1) is 50.2 Å². The highest BCUT2D eigenvalue weighted by Crippen LogP contribution is 2.75. The molecule has 1 heterocycles. The van der Waals surface area contributed by atoms with Gasteiger partial charge in [0.1, 0.15) is 5.69 Å². The summed E-state index contributed by atoms with van der Waals surface area (Å²) in [6.07, 6.45) is 12.2. The van der Waals surface area contributed by atoms with Crippen molar-refractivity contribution in [1.82, 2.24) is 20.3 Å². The molecule has 4 N–H and O–H groups in total. The Bertz CT molecular complexity index is 1300. The summed E-state index contributed by atoms with van der Waals surface area (Å²) in [4.78, 5) is 14.4. The lowest BCUT2D eigenvalue weighted by atomic mass is 9.33. The van der Waals surface area contributed by atoms with Gasteiger partial charge in [-0.05, 0) is 109 Å². The first kappa shape index (κ1) is 32.2. The Labute approximate surface area is 264 Å². The maximum Gasteiger partial charge on any atom is 0.229 e. The third-order valence-electron chi connectivity index (χ3n) is 14.6. The predicted molar refractivity (Wildman–Crippen MR) is 170 cm³/mol. The number of nitrogens with one attached hydrogen (secondary N) is 1. The van der Waals surface area contributed by atoms with Gasteiger partial charge in [-0.1, -0.05) is 65.3 Å². The lowest BCUT2D eigenvalue weighted by molar-refractivity contribution is -0.215. The van der Waals surface area contributed by atoms with E-state index in [1.54, 1.807) is 4.68 Å². The molecule has 8 heteroatoms. The maximum absolute atomic E-state index is 14.4. The maximum atomic E-state index is 14.4. The van der Waals surface area contributed by atoms with Crippen LogP contribution in [0.1, 0.15) is 118 Å². The van der Waals surface area contributed by atoms with E-state index in [1.165, 1.54) is 5.57 Å². The van der Waals surface area contributed by atoms with Crippen molar-refractivity contribution in [1.29, 1.82) is 0 Å². The molecule has 0 saturated heterocycles. The lowest BCUT2D eigenvalue weighted by Gasteiger charge is -2.71. The minimum absolute atomic E-state index is 0.00633. The molecule has 0 aromatic carbocycles. The number of nitrogens with zero attached hydrogens (tertiary/aromatic N) is 3. The van der Waals surface area contributed by atoms with Crippen LogP contribution in [0.4, 0.5) is 0 Å². The molecule has 246 valence electrons. The van der Waals surface area contributed by atoms with E-state index in [4.69, 9.17) is 5.11 Å². The minimum Gasteiger partial charge on any atom is -0.396 e. The van der Waals surface area contributed by atoms with E-state index >= 15 is 0 Å². The number of carbonyl (C=O) groups is 1. The number of aryl methyl sites for hydroxylation is 1. The Balaban J connectivity index is 1.34. The summed E-state index contributed by atoms with van der Waals surface area (Å²) in [6.45, 7) is 17.6. The van der Waals surface area contributed by atoms with Crippen LogP contribution in [0.25, 0.3) is 0 Å². The molecule has 5 aliphatic carbocycles. The zero-order valence-electron chi connectivity index (χ0n) is 28.3. The molecular formula is C36H58N4O4. The number of amides is 1. The van der Waals surface area contributed by atoms with Gasteiger partial charge in [0, 0.05) is 13.2 Å². The SMILES string of the molecule is CC1(C)CC[C@@]2(C(=O)NCc3cn(CCCO)nn3)C(C1)C1=CCC3[C@@]4(C)CC[C@H](O)C(C)(C)C4CC[C@@]3(C)[C@]1(C)C[C@H]2O. The topological polar surface area (TPSA) is 121 Å². The van der Waals surface area contributed by atoms with Crippen molar-refractivity contribution in [3.05, 3.63) is 23.5 Å². The summed E-state index contributed by atoms with van der Waals surface area (Å²) in [5, 5.41) is 44.1. The van der Waals surface area contributed by atoms with Crippen LogP contribution in [-0.2, 0) is 17.9 Å². The van der Waals surface area contributed by atoms with E-state index in [-0.39, 0.29) is 58.2 Å². The quantitative estimate of drug-likeness (QED) is 0.320. The molecule has 0 aliphatic heterocycles. The van der Waals surface area contributed by atoms with Gasteiger partial charge in [-0.2, -0.15) is 0 Å². The highest BCUT2D eigenvalue weighted by molar-refractivity contribution is 5.85. The molecule has 0 radical (unpaired) electrons. The van der Waals surface area contributed by atoms with Crippen molar-refractivity contribution in [2.75, 3.05) is 6.61 Å². The predicted octanol–water partition coefficient (Wildman–Crippen LogP) is 5.41. The van der Waals surface area contributed by atoms with Crippen LogP contribution < -0.4 is 5.32 Å². The third kappa shape index (κ3) is 4.51. The van der Waals surface area contributed by atoms with Crippen LogP contribution in [0.2, 0.25) is 0 Å². The number of aliphatic hydroxyl groups excluding tert-OH is 3. The fraction of sp³-hybridized carbons (Fsp3) is 0.861. The van der Waals surface area contributed by atoms with Crippen molar-refractivity contribution >= 4 is 5.91 Å². The van der Waals surface area contributed by atoms with Gasteiger partial charge in [0.2, 0.25) is 5.91 Å². The number of aliphatic hydroxyl groups is 3. The van der Waals surface area contributed by atoms with E-state index in [0.717, 1.165) is 44.9 Å². The Morgan fingerprint density at radius 1 is 0.977 bits per heavy atom. The highest BCUT2D eigenvalue weighted by atomic mass is 16.3. The van der Waals surface area contributed by atoms with Crippen molar-refractivity contribution in [3.8, 4) is 0 Å². The van der Waals surface area contributed by atoms with Crippen LogP contribution in [-0.4, -0.2) is 55.0 Å². The van der Waals surface area contributed by atoms with Gasteiger partial charge in [-0.3, -0.25) is 9.48 Å². The van der Waals surface area contributed by atoms with Crippen molar-refractivity contribution in [3.63, 3.8) is 0 Å². The normalized spacial score (nSPS) is 44.0.